The van der Waals surface area contributed by atoms with Crippen molar-refractivity contribution in [3.8, 4) is 0 Å². The number of rotatable bonds is 4. The van der Waals surface area contributed by atoms with Crippen LogP contribution in [0.1, 0.15) is 27.7 Å². The van der Waals surface area contributed by atoms with E-state index in [1.165, 1.54) is 10.1 Å². The Morgan fingerprint density at radius 1 is 1.09 bits per heavy atom. The lowest BCUT2D eigenvalue weighted by atomic mass is 9.82. The minimum atomic E-state index is -0.921. The number of thiophene rings is 1. The van der Waals surface area contributed by atoms with Crippen LogP contribution in [0.5, 0.6) is 0 Å². The molecule has 0 aliphatic carbocycles. The topological polar surface area (TPSA) is 29.5 Å². The summed E-state index contributed by atoms with van der Waals surface area (Å²) in [6, 6.07) is 12.4. The molecule has 0 radical (unpaired) electrons. The zero-order valence-corrected chi connectivity index (χ0v) is 15.4. The molecule has 0 aliphatic heterocycles. The van der Waals surface area contributed by atoms with Crippen molar-refractivity contribution in [3.05, 3.63) is 41.4 Å². The van der Waals surface area contributed by atoms with Crippen LogP contribution in [0.4, 0.5) is 0 Å². The van der Waals surface area contributed by atoms with E-state index >= 15 is 0 Å². The first kappa shape index (κ1) is 16.8. The minimum absolute atomic E-state index is 0.414. The highest BCUT2D eigenvalue weighted by molar-refractivity contribution is 7.26. The van der Waals surface area contributed by atoms with Gasteiger partial charge in [-0.25, -0.2) is 0 Å². The van der Waals surface area contributed by atoms with Gasteiger partial charge in [-0.1, -0.05) is 41.3 Å². The van der Waals surface area contributed by atoms with Crippen LogP contribution in [0.25, 0.3) is 20.2 Å². The zero-order chi connectivity index (χ0) is 16.8. The third-order valence-corrected chi connectivity index (χ3v) is 6.20. The fraction of sp³-hybridized carbons (Fsp3) is 0.333. The van der Waals surface area contributed by atoms with Crippen LogP contribution in [0.2, 0.25) is 5.02 Å². The monoisotopic (exact) mass is 346 g/mol. The maximum absolute atomic E-state index is 10.2. The fourth-order valence-corrected chi connectivity index (χ4v) is 3.81. The number of halogens is 1. The molecule has 0 spiro atoms. The molecule has 1 heterocycles. The second-order valence-corrected chi connectivity index (χ2v) is 8.37. The molecule has 0 saturated carbocycles. The van der Waals surface area contributed by atoms with Crippen LogP contribution in [-0.2, 0) is 4.65 Å². The molecule has 0 atom stereocenters. The minimum Gasteiger partial charge on any atom is -0.427 e. The van der Waals surface area contributed by atoms with Gasteiger partial charge in [0.05, 0.1) is 20.9 Å². The SMILES string of the molecule is CC(C)(O)C(C)(C)OBc1cc(Cl)c2sc3ccccc3c2c1. The van der Waals surface area contributed by atoms with E-state index in [2.05, 4.69) is 18.2 Å². The normalized spacial score (nSPS) is 13.0. The Kier molecular flexibility index (Phi) is 4.22. The van der Waals surface area contributed by atoms with Gasteiger partial charge < -0.3 is 9.76 Å². The third kappa shape index (κ3) is 3.13. The molecule has 0 saturated heterocycles. The van der Waals surface area contributed by atoms with Crippen molar-refractivity contribution < 1.29 is 9.76 Å². The summed E-state index contributed by atoms with van der Waals surface area (Å²) >= 11 is 8.19. The molecule has 3 aromatic rings. The standard InChI is InChI=1S/C18H20BClO2S/c1-17(2,21)18(3,4)22-19-11-9-13-12-7-5-6-8-15(12)23-16(13)14(20)10-11/h5-10,19,21H,1-4H3. The van der Waals surface area contributed by atoms with Crippen LogP contribution < -0.4 is 5.46 Å². The van der Waals surface area contributed by atoms with Gasteiger partial charge in [-0.05, 0) is 39.8 Å². The summed E-state index contributed by atoms with van der Waals surface area (Å²) in [7, 11) is 0.414. The molecule has 3 rings (SSSR count). The largest absolute Gasteiger partial charge is 0.427 e. The molecule has 5 heteroatoms. The molecule has 0 bridgehead atoms. The Hall–Kier alpha value is -1.07. The number of hydrogen-bond donors (Lipinski definition) is 1. The summed E-state index contributed by atoms with van der Waals surface area (Å²) in [5.74, 6) is 0. The van der Waals surface area contributed by atoms with Crippen molar-refractivity contribution in [1.29, 1.82) is 0 Å². The molecule has 1 aromatic heterocycles. The quantitative estimate of drug-likeness (QED) is 0.716. The van der Waals surface area contributed by atoms with E-state index in [0.717, 1.165) is 20.6 Å². The second-order valence-electron chi connectivity index (χ2n) is 6.91. The summed E-state index contributed by atoms with van der Waals surface area (Å²) in [6.45, 7) is 7.31. The van der Waals surface area contributed by atoms with Crippen molar-refractivity contribution in [2.24, 2.45) is 0 Å². The number of fused-ring (bicyclic) bond motifs is 3. The molecular formula is C18H20BClO2S. The maximum atomic E-state index is 10.2. The lowest BCUT2D eigenvalue weighted by molar-refractivity contribution is -0.0893. The Balaban J connectivity index is 1.98. The third-order valence-electron chi connectivity index (χ3n) is 4.57. The van der Waals surface area contributed by atoms with Gasteiger partial charge in [-0.15, -0.1) is 11.3 Å². The average molecular weight is 347 g/mol. The first-order chi connectivity index (χ1) is 10.7. The summed E-state index contributed by atoms with van der Waals surface area (Å²) in [6.07, 6.45) is 0. The predicted octanol–water partition coefficient (Wildman–Crippen LogP) is 4.25. The van der Waals surface area contributed by atoms with E-state index < -0.39 is 11.2 Å². The van der Waals surface area contributed by atoms with Crippen molar-refractivity contribution in [3.63, 3.8) is 0 Å². The molecule has 120 valence electrons. The fourth-order valence-electron chi connectivity index (χ4n) is 2.37. The van der Waals surface area contributed by atoms with E-state index in [9.17, 15) is 5.11 Å². The van der Waals surface area contributed by atoms with Crippen LogP contribution in [0.3, 0.4) is 0 Å². The van der Waals surface area contributed by atoms with Gasteiger partial charge in [-0.3, -0.25) is 0 Å². The summed E-state index contributed by atoms with van der Waals surface area (Å²) in [4.78, 5) is 0. The van der Waals surface area contributed by atoms with Gasteiger partial charge in [0.1, 0.15) is 0 Å². The molecule has 23 heavy (non-hydrogen) atoms. The smallest absolute Gasteiger partial charge is 0.309 e. The lowest BCUT2D eigenvalue weighted by Crippen LogP contribution is -2.49. The van der Waals surface area contributed by atoms with E-state index in [1.807, 2.05) is 32.0 Å². The van der Waals surface area contributed by atoms with E-state index in [0.29, 0.717) is 7.48 Å². The average Bonchev–Trinajstić information content (AvgIpc) is 2.84. The molecule has 0 aliphatic rings. The van der Waals surface area contributed by atoms with E-state index in [-0.39, 0.29) is 0 Å². The number of benzene rings is 2. The Morgan fingerprint density at radius 2 is 1.78 bits per heavy atom. The summed E-state index contributed by atoms with van der Waals surface area (Å²) in [5, 5.41) is 13.3. The summed E-state index contributed by atoms with van der Waals surface area (Å²) in [5.41, 5.74) is -0.551. The highest BCUT2D eigenvalue weighted by atomic mass is 35.5. The molecular weight excluding hydrogens is 327 g/mol. The van der Waals surface area contributed by atoms with Crippen LogP contribution in [0.15, 0.2) is 36.4 Å². The van der Waals surface area contributed by atoms with Gasteiger partial charge in [0.15, 0.2) is 0 Å². The Labute approximate surface area is 146 Å². The molecule has 0 fully saturated rings. The molecule has 2 aromatic carbocycles. The van der Waals surface area contributed by atoms with Gasteiger partial charge in [-0.2, -0.15) is 0 Å². The molecule has 0 amide bonds. The zero-order valence-electron chi connectivity index (χ0n) is 13.8. The van der Waals surface area contributed by atoms with Crippen molar-refractivity contribution in [2.45, 2.75) is 38.9 Å². The highest BCUT2D eigenvalue weighted by Crippen LogP contribution is 2.37. The molecule has 1 N–H and O–H groups in total. The van der Waals surface area contributed by atoms with Crippen molar-refractivity contribution in [2.75, 3.05) is 0 Å². The van der Waals surface area contributed by atoms with Gasteiger partial charge >= 0.3 is 7.48 Å². The van der Waals surface area contributed by atoms with Crippen LogP contribution in [0, 0.1) is 0 Å². The highest BCUT2D eigenvalue weighted by Gasteiger charge is 2.35. The number of hydrogen-bond acceptors (Lipinski definition) is 3. The van der Waals surface area contributed by atoms with Crippen LogP contribution >= 0.6 is 22.9 Å². The first-order valence-electron chi connectivity index (χ1n) is 7.65. The predicted molar refractivity (Wildman–Crippen MR) is 103 cm³/mol. The molecule has 2 nitrogen and oxygen atoms in total. The van der Waals surface area contributed by atoms with E-state index in [4.69, 9.17) is 16.3 Å². The van der Waals surface area contributed by atoms with Gasteiger partial charge in [0.2, 0.25) is 0 Å². The lowest BCUT2D eigenvalue weighted by Gasteiger charge is -2.37. The maximum Gasteiger partial charge on any atom is 0.309 e. The van der Waals surface area contributed by atoms with Crippen LogP contribution in [-0.4, -0.2) is 23.8 Å². The van der Waals surface area contributed by atoms with Crippen molar-refractivity contribution in [1.82, 2.24) is 0 Å². The van der Waals surface area contributed by atoms with E-state index in [1.54, 1.807) is 25.2 Å². The van der Waals surface area contributed by atoms with Gasteiger partial charge in [0, 0.05) is 15.5 Å². The Bertz CT molecular complexity index is 864. The van der Waals surface area contributed by atoms with Gasteiger partial charge in [0.25, 0.3) is 0 Å². The second kappa shape index (κ2) is 5.78. The Morgan fingerprint density at radius 3 is 2.48 bits per heavy atom. The van der Waals surface area contributed by atoms with Crippen molar-refractivity contribution >= 4 is 56.1 Å². The summed E-state index contributed by atoms with van der Waals surface area (Å²) < 4.78 is 8.31. The number of aliphatic hydroxyl groups is 1. The molecule has 0 unspecified atom stereocenters. The first-order valence-corrected chi connectivity index (χ1v) is 8.84.